The number of aliphatic hydroxyl groups excluding tert-OH is 1. The van der Waals surface area contributed by atoms with E-state index < -0.39 is 97.5 Å². The average molecular weight is 1470 g/mol. The molecular weight excluding hydrogens is 1310 g/mol. The maximum absolute atomic E-state index is 13.1. The SMILES string of the molecule is CCCCCCCCCCCCCCCCCCCCCCC(=O)O[C@H](COC(=O)CCCCCCCCCCCCCCCCCC(C)C)COP(=O)(O)OC[C@@H](O)COP(=O)(O)OC[C@@H](COC(=O)CCCCCCC)OC(=O)CCCCCCCCCCCCCCCCCCC. The molecule has 5 atom stereocenters. The van der Waals surface area contributed by atoms with Crippen molar-refractivity contribution in [1.82, 2.24) is 0 Å². The van der Waals surface area contributed by atoms with Gasteiger partial charge in [0.2, 0.25) is 0 Å². The number of carbonyl (C=O) groups is 4. The summed E-state index contributed by atoms with van der Waals surface area (Å²) in [5.74, 6) is -1.31. The fraction of sp³-hybridized carbons (Fsp3) is 0.951. The van der Waals surface area contributed by atoms with E-state index >= 15 is 0 Å². The summed E-state index contributed by atoms with van der Waals surface area (Å²) in [6, 6.07) is 0. The summed E-state index contributed by atoms with van der Waals surface area (Å²) in [6.45, 7) is 7.27. The van der Waals surface area contributed by atoms with Gasteiger partial charge in [-0.15, -0.1) is 0 Å². The molecule has 0 saturated heterocycles. The number of ether oxygens (including phenoxy) is 4. The molecule has 3 N–H and O–H groups in total. The first-order valence-corrected chi connectivity index (χ1v) is 45.1. The summed E-state index contributed by atoms with van der Waals surface area (Å²) in [7, 11) is -9.91. The highest BCUT2D eigenvalue weighted by Gasteiger charge is 2.30. The van der Waals surface area contributed by atoms with Crippen LogP contribution >= 0.6 is 15.6 Å². The summed E-state index contributed by atoms with van der Waals surface area (Å²) in [5, 5.41) is 10.6. The van der Waals surface area contributed by atoms with Gasteiger partial charge < -0.3 is 33.8 Å². The number of phosphoric ester groups is 2. The molecular formula is C81H158O17P2. The molecule has 2 unspecified atom stereocenters. The number of phosphoric acid groups is 2. The molecule has 0 fully saturated rings. The lowest BCUT2D eigenvalue weighted by atomic mass is 10.0. The minimum atomic E-state index is -4.96. The van der Waals surface area contributed by atoms with Crippen LogP contribution in [0.1, 0.15) is 433 Å². The fourth-order valence-electron chi connectivity index (χ4n) is 12.6. The maximum atomic E-state index is 13.1. The first kappa shape index (κ1) is 98.1. The second kappa shape index (κ2) is 73.9. The summed E-state index contributed by atoms with van der Waals surface area (Å²) in [6.07, 6.45) is 65.7. The van der Waals surface area contributed by atoms with E-state index in [1.54, 1.807) is 0 Å². The molecule has 0 amide bonds. The molecule has 19 heteroatoms. The molecule has 0 heterocycles. The molecule has 0 bridgehead atoms. The van der Waals surface area contributed by atoms with Crippen molar-refractivity contribution in [3.8, 4) is 0 Å². The first-order valence-electron chi connectivity index (χ1n) is 42.1. The van der Waals surface area contributed by atoms with Gasteiger partial charge in [0.05, 0.1) is 26.4 Å². The fourth-order valence-corrected chi connectivity index (χ4v) is 14.2. The second-order valence-electron chi connectivity index (χ2n) is 29.6. The molecule has 0 aliphatic rings. The van der Waals surface area contributed by atoms with E-state index in [-0.39, 0.29) is 25.7 Å². The zero-order valence-corrected chi connectivity index (χ0v) is 67.1. The minimum Gasteiger partial charge on any atom is -0.462 e. The Morgan fingerprint density at radius 2 is 0.460 bits per heavy atom. The van der Waals surface area contributed by atoms with Crippen LogP contribution < -0.4 is 0 Å². The quantitative estimate of drug-likeness (QED) is 0.0222. The van der Waals surface area contributed by atoms with Crippen molar-refractivity contribution in [2.45, 2.75) is 451 Å². The normalized spacial score (nSPS) is 13.8. The van der Waals surface area contributed by atoms with E-state index in [0.29, 0.717) is 25.7 Å². The Hall–Kier alpha value is -1.94. The summed E-state index contributed by atoms with van der Waals surface area (Å²) < 4.78 is 68.5. The predicted molar refractivity (Wildman–Crippen MR) is 409 cm³/mol. The van der Waals surface area contributed by atoms with Crippen LogP contribution in [0.15, 0.2) is 0 Å². The molecule has 0 aliphatic heterocycles. The maximum Gasteiger partial charge on any atom is 0.472 e. The lowest BCUT2D eigenvalue weighted by Crippen LogP contribution is -2.30. The van der Waals surface area contributed by atoms with E-state index in [9.17, 15) is 43.2 Å². The molecule has 100 heavy (non-hydrogen) atoms. The smallest absolute Gasteiger partial charge is 0.462 e. The van der Waals surface area contributed by atoms with Crippen molar-refractivity contribution in [2.75, 3.05) is 39.6 Å². The number of rotatable bonds is 81. The zero-order valence-electron chi connectivity index (χ0n) is 65.3. The second-order valence-corrected chi connectivity index (χ2v) is 32.5. The van der Waals surface area contributed by atoms with E-state index in [1.165, 1.54) is 250 Å². The summed E-state index contributed by atoms with van der Waals surface area (Å²) in [4.78, 5) is 72.7. The van der Waals surface area contributed by atoms with Crippen LogP contribution in [0.2, 0.25) is 0 Å². The Kier molecular flexibility index (Phi) is 72.5. The van der Waals surface area contributed by atoms with Crippen LogP contribution in [0.3, 0.4) is 0 Å². The van der Waals surface area contributed by atoms with Crippen molar-refractivity contribution in [3.05, 3.63) is 0 Å². The Labute approximate surface area is 613 Å². The van der Waals surface area contributed by atoms with Crippen molar-refractivity contribution < 1.29 is 80.2 Å². The molecule has 0 rings (SSSR count). The number of carbonyl (C=O) groups excluding carboxylic acids is 4. The molecule has 594 valence electrons. The van der Waals surface area contributed by atoms with Crippen molar-refractivity contribution in [2.24, 2.45) is 5.92 Å². The lowest BCUT2D eigenvalue weighted by molar-refractivity contribution is -0.161. The molecule has 0 aromatic carbocycles. The van der Waals surface area contributed by atoms with Gasteiger partial charge in [-0.2, -0.15) is 0 Å². The molecule has 0 radical (unpaired) electrons. The van der Waals surface area contributed by atoms with Crippen LogP contribution in [0.25, 0.3) is 0 Å². The molecule has 0 aliphatic carbocycles. The Morgan fingerprint density at radius 3 is 0.680 bits per heavy atom. The number of aliphatic hydroxyl groups is 1. The summed E-state index contributed by atoms with van der Waals surface area (Å²) in [5.41, 5.74) is 0. The summed E-state index contributed by atoms with van der Waals surface area (Å²) >= 11 is 0. The zero-order chi connectivity index (χ0) is 73.4. The van der Waals surface area contributed by atoms with E-state index in [4.69, 9.17) is 37.0 Å². The van der Waals surface area contributed by atoms with Crippen molar-refractivity contribution in [1.29, 1.82) is 0 Å². The highest BCUT2D eigenvalue weighted by Crippen LogP contribution is 2.45. The minimum absolute atomic E-state index is 0.108. The van der Waals surface area contributed by atoms with Gasteiger partial charge in [0.15, 0.2) is 12.2 Å². The van der Waals surface area contributed by atoms with Gasteiger partial charge in [-0.25, -0.2) is 9.13 Å². The van der Waals surface area contributed by atoms with Gasteiger partial charge in [-0.1, -0.05) is 381 Å². The molecule has 0 saturated carbocycles. The standard InChI is InChI=1S/C81H158O17P2/c1-6-9-12-15-17-19-21-23-25-27-28-29-31-35-40-44-48-52-57-62-67-81(86)98-77(71-92-79(84)65-60-55-50-46-42-38-36-32-33-37-41-45-49-54-58-63-74(4)5)73-96-100(89,90)94-69-75(82)68-93-99(87,88)95-72-76(70-91-78(83)64-59-53-14-11-8-3)97-80(85)66-61-56-51-47-43-39-34-30-26-24-22-20-18-16-13-10-7-2/h74-77,82H,6-73H2,1-5H3,(H,87,88)(H,89,90)/t75-,76+,77+/m0/s1. The molecule has 0 aromatic rings. The van der Waals surface area contributed by atoms with Crippen LogP contribution in [-0.4, -0.2) is 96.7 Å². The number of hydrogen-bond donors (Lipinski definition) is 3. The number of hydrogen-bond acceptors (Lipinski definition) is 15. The Balaban J connectivity index is 5.11. The highest BCUT2D eigenvalue weighted by molar-refractivity contribution is 7.47. The molecule has 0 spiro atoms. The number of esters is 4. The van der Waals surface area contributed by atoms with E-state index in [0.717, 1.165) is 102 Å². The monoisotopic (exact) mass is 1470 g/mol. The third-order valence-electron chi connectivity index (χ3n) is 19.0. The Morgan fingerprint density at radius 1 is 0.270 bits per heavy atom. The average Bonchev–Trinajstić information content (AvgIpc) is 0.916. The van der Waals surface area contributed by atoms with Crippen LogP contribution in [-0.2, 0) is 65.4 Å². The lowest BCUT2D eigenvalue weighted by Gasteiger charge is -2.21. The number of unbranched alkanes of at least 4 members (excludes halogenated alkanes) is 53. The predicted octanol–water partition coefficient (Wildman–Crippen LogP) is 24.4. The van der Waals surface area contributed by atoms with Gasteiger partial charge in [-0.05, 0) is 31.6 Å². The van der Waals surface area contributed by atoms with Crippen molar-refractivity contribution in [3.63, 3.8) is 0 Å². The van der Waals surface area contributed by atoms with Crippen molar-refractivity contribution >= 4 is 39.5 Å². The van der Waals surface area contributed by atoms with Gasteiger partial charge in [0, 0.05) is 25.7 Å². The van der Waals surface area contributed by atoms with Gasteiger partial charge in [-0.3, -0.25) is 37.3 Å². The van der Waals surface area contributed by atoms with Gasteiger partial charge >= 0.3 is 39.5 Å². The third-order valence-corrected chi connectivity index (χ3v) is 20.9. The largest absolute Gasteiger partial charge is 0.472 e. The molecule has 0 aromatic heterocycles. The van der Waals surface area contributed by atoms with Gasteiger partial charge in [0.1, 0.15) is 19.3 Å². The highest BCUT2D eigenvalue weighted by atomic mass is 31.2. The van der Waals surface area contributed by atoms with E-state index in [1.807, 2.05) is 0 Å². The van der Waals surface area contributed by atoms with Gasteiger partial charge in [0.25, 0.3) is 0 Å². The van der Waals surface area contributed by atoms with E-state index in [2.05, 4.69) is 34.6 Å². The topological polar surface area (TPSA) is 237 Å². The Bertz CT molecular complexity index is 1910. The third kappa shape index (κ3) is 74.3. The molecule has 17 nitrogen and oxygen atoms in total. The van der Waals surface area contributed by atoms with Crippen LogP contribution in [0.5, 0.6) is 0 Å². The van der Waals surface area contributed by atoms with Crippen LogP contribution in [0, 0.1) is 5.92 Å². The van der Waals surface area contributed by atoms with Crippen LogP contribution in [0.4, 0.5) is 0 Å². The first-order chi connectivity index (χ1) is 48.5.